The number of fused-ring (bicyclic) bond motifs is 1. The molecule has 0 radical (unpaired) electrons. The number of nitrogens with one attached hydrogen (secondary N) is 1. The lowest BCUT2D eigenvalue weighted by molar-refractivity contribution is 0.912. The molecule has 1 aliphatic carbocycles. The number of anilines is 3. The predicted octanol–water partition coefficient (Wildman–Crippen LogP) is 2.94. The van der Waals surface area contributed by atoms with Crippen LogP contribution in [0.25, 0.3) is 0 Å². The van der Waals surface area contributed by atoms with Crippen LogP contribution in [0.4, 0.5) is 17.2 Å². The maximum atomic E-state index is 5.86. The molecule has 1 aromatic heterocycles. The van der Waals surface area contributed by atoms with Crippen molar-refractivity contribution in [3.8, 4) is 0 Å². The Labute approximate surface area is 110 Å². The summed E-state index contributed by atoms with van der Waals surface area (Å²) in [5.74, 6) is 0.549. The number of hydrogen-bond donors (Lipinski definition) is 2. The molecule has 18 heavy (non-hydrogen) atoms. The molecule has 0 unspecified atom stereocenters. The molecule has 1 heterocycles. The SMILES string of the molecule is Nc1c(Cl)ncnc1Nc1ccc2c(c1)CCC2. The Morgan fingerprint density at radius 3 is 2.89 bits per heavy atom. The van der Waals surface area contributed by atoms with Crippen LogP contribution < -0.4 is 11.1 Å². The number of halogens is 1. The number of aryl methyl sites for hydroxylation is 2. The van der Waals surface area contributed by atoms with E-state index in [1.807, 2.05) is 6.07 Å². The van der Waals surface area contributed by atoms with Crippen molar-refractivity contribution in [3.05, 3.63) is 40.8 Å². The quantitative estimate of drug-likeness (QED) is 0.815. The fraction of sp³-hybridized carbons (Fsp3) is 0.231. The lowest BCUT2D eigenvalue weighted by Crippen LogP contribution is -2.01. The van der Waals surface area contributed by atoms with Gasteiger partial charge >= 0.3 is 0 Å². The first-order valence-electron chi connectivity index (χ1n) is 5.89. The molecule has 0 aliphatic heterocycles. The molecule has 0 atom stereocenters. The average molecular weight is 261 g/mol. The zero-order chi connectivity index (χ0) is 12.5. The Morgan fingerprint density at radius 1 is 1.17 bits per heavy atom. The van der Waals surface area contributed by atoms with E-state index in [-0.39, 0.29) is 5.15 Å². The zero-order valence-corrected chi connectivity index (χ0v) is 10.5. The van der Waals surface area contributed by atoms with Gasteiger partial charge < -0.3 is 11.1 Å². The van der Waals surface area contributed by atoms with Gasteiger partial charge in [-0.2, -0.15) is 0 Å². The third-order valence-electron chi connectivity index (χ3n) is 3.20. The molecule has 0 saturated carbocycles. The molecule has 4 nitrogen and oxygen atoms in total. The summed E-state index contributed by atoms with van der Waals surface area (Å²) in [6.07, 6.45) is 4.95. The van der Waals surface area contributed by atoms with Crippen molar-refractivity contribution in [3.63, 3.8) is 0 Å². The molecule has 0 spiro atoms. The molecule has 3 N–H and O–H groups in total. The van der Waals surface area contributed by atoms with Crippen molar-refractivity contribution in [2.45, 2.75) is 19.3 Å². The van der Waals surface area contributed by atoms with Crippen LogP contribution in [0, 0.1) is 0 Å². The Bertz CT molecular complexity index is 598. The molecule has 5 heteroatoms. The molecule has 92 valence electrons. The van der Waals surface area contributed by atoms with Crippen molar-refractivity contribution >= 4 is 28.8 Å². The van der Waals surface area contributed by atoms with Gasteiger partial charge in [0.1, 0.15) is 12.0 Å². The number of benzene rings is 1. The Morgan fingerprint density at radius 2 is 2.00 bits per heavy atom. The molecular weight excluding hydrogens is 248 g/mol. The lowest BCUT2D eigenvalue weighted by Gasteiger charge is -2.10. The largest absolute Gasteiger partial charge is 0.393 e. The van der Waals surface area contributed by atoms with Gasteiger partial charge in [0, 0.05) is 5.69 Å². The van der Waals surface area contributed by atoms with Gasteiger partial charge in [0.05, 0.1) is 0 Å². The fourth-order valence-electron chi connectivity index (χ4n) is 2.26. The minimum atomic E-state index is 0.272. The van der Waals surface area contributed by atoms with Crippen LogP contribution in [0.2, 0.25) is 5.15 Å². The normalized spacial score (nSPS) is 13.4. The third-order valence-corrected chi connectivity index (χ3v) is 3.50. The molecule has 0 bridgehead atoms. The molecule has 2 aromatic rings. The van der Waals surface area contributed by atoms with Crippen molar-refractivity contribution in [2.24, 2.45) is 0 Å². The molecule has 3 rings (SSSR count). The monoisotopic (exact) mass is 260 g/mol. The number of nitrogen functional groups attached to an aromatic ring is 1. The second-order valence-corrected chi connectivity index (χ2v) is 4.75. The summed E-state index contributed by atoms with van der Waals surface area (Å²) >= 11 is 5.86. The van der Waals surface area contributed by atoms with E-state index in [2.05, 4.69) is 27.4 Å². The van der Waals surface area contributed by atoms with E-state index in [1.54, 1.807) is 0 Å². The standard InChI is InChI=1S/C13H13ClN4/c14-12-11(15)13(17-7-16-12)18-10-5-4-8-2-1-3-9(8)6-10/h4-7H,1-3,15H2,(H,16,17,18). The second-order valence-electron chi connectivity index (χ2n) is 4.39. The van der Waals surface area contributed by atoms with Crippen molar-refractivity contribution < 1.29 is 0 Å². The van der Waals surface area contributed by atoms with Gasteiger partial charge in [-0.05, 0) is 42.5 Å². The van der Waals surface area contributed by atoms with Crippen LogP contribution in [0.1, 0.15) is 17.5 Å². The summed E-state index contributed by atoms with van der Waals surface area (Å²) in [4.78, 5) is 7.92. The van der Waals surface area contributed by atoms with Gasteiger partial charge in [-0.25, -0.2) is 9.97 Å². The Hall–Kier alpha value is -1.81. The fourth-order valence-corrected chi connectivity index (χ4v) is 2.39. The van der Waals surface area contributed by atoms with Gasteiger partial charge in [0.15, 0.2) is 11.0 Å². The van der Waals surface area contributed by atoms with Gasteiger partial charge in [-0.15, -0.1) is 0 Å². The van der Waals surface area contributed by atoms with Crippen LogP contribution in [0.15, 0.2) is 24.5 Å². The number of rotatable bonds is 2. The smallest absolute Gasteiger partial charge is 0.158 e. The second kappa shape index (κ2) is 4.46. The number of aromatic nitrogens is 2. The molecule has 1 aliphatic rings. The first-order valence-corrected chi connectivity index (χ1v) is 6.26. The van der Waals surface area contributed by atoms with Gasteiger partial charge in [0.25, 0.3) is 0 Å². The molecule has 0 fully saturated rings. The molecule has 0 saturated heterocycles. The highest BCUT2D eigenvalue weighted by atomic mass is 35.5. The highest BCUT2D eigenvalue weighted by Gasteiger charge is 2.12. The van der Waals surface area contributed by atoms with E-state index < -0.39 is 0 Å². The summed E-state index contributed by atoms with van der Waals surface area (Å²) in [6.45, 7) is 0. The highest BCUT2D eigenvalue weighted by Crippen LogP contribution is 2.29. The molecule has 1 aromatic carbocycles. The van der Waals surface area contributed by atoms with Crippen molar-refractivity contribution in [1.29, 1.82) is 0 Å². The number of nitrogens with two attached hydrogens (primary N) is 1. The zero-order valence-electron chi connectivity index (χ0n) is 9.78. The van der Waals surface area contributed by atoms with E-state index >= 15 is 0 Å². The van der Waals surface area contributed by atoms with E-state index in [4.69, 9.17) is 17.3 Å². The van der Waals surface area contributed by atoms with Crippen LogP contribution in [0.5, 0.6) is 0 Å². The third kappa shape index (κ3) is 1.99. The van der Waals surface area contributed by atoms with Crippen LogP contribution in [-0.4, -0.2) is 9.97 Å². The van der Waals surface area contributed by atoms with Crippen molar-refractivity contribution in [2.75, 3.05) is 11.1 Å². The van der Waals surface area contributed by atoms with Gasteiger partial charge in [-0.3, -0.25) is 0 Å². The van der Waals surface area contributed by atoms with E-state index in [0.29, 0.717) is 11.5 Å². The number of hydrogen-bond acceptors (Lipinski definition) is 4. The highest BCUT2D eigenvalue weighted by molar-refractivity contribution is 6.32. The van der Waals surface area contributed by atoms with Gasteiger partial charge in [0.2, 0.25) is 0 Å². The predicted molar refractivity (Wildman–Crippen MR) is 73.2 cm³/mol. The summed E-state index contributed by atoms with van der Waals surface area (Å²) in [5.41, 5.74) is 10.0. The minimum absolute atomic E-state index is 0.272. The Kier molecular flexibility index (Phi) is 2.80. The lowest BCUT2D eigenvalue weighted by atomic mass is 10.1. The molecular formula is C13H13ClN4. The van der Waals surface area contributed by atoms with E-state index in [9.17, 15) is 0 Å². The first kappa shape index (κ1) is 11.3. The maximum Gasteiger partial charge on any atom is 0.158 e. The number of nitrogens with zero attached hydrogens (tertiary/aromatic N) is 2. The van der Waals surface area contributed by atoms with Gasteiger partial charge in [-0.1, -0.05) is 17.7 Å². The summed E-state index contributed by atoms with van der Waals surface area (Å²) in [6, 6.07) is 6.35. The summed E-state index contributed by atoms with van der Waals surface area (Å²) < 4.78 is 0. The van der Waals surface area contributed by atoms with E-state index in [0.717, 1.165) is 12.1 Å². The maximum absolute atomic E-state index is 5.86. The summed E-state index contributed by atoms with van der Waals surface area (Å²) in [7, 11) is 0. The summed E-state index contributed by atoms with van der Waals surface area (Å²) in [5, 5.41) is 3.45. The topological polar surface area (TPSA) is 63.8 Å². The van der Waals surface area contributed by atoms with Crippen LogP contribution in [0.3, 0.4) is 0 Å². The van der Waals surface area contributed by atoms with Crippen molar-refractivity contribution in [1.82, 2.24) is 9.97 Å². The Balaban J connectivity index is 1.90. The molecule has 0 amide bonds. The average Bonchev–Trinajstić information content (AvgIpc) is 2.82. The first-order chi connectivity index (χ1) is 8.74. The van der Waals surface area contributed by atoms with E-state index in [1.165, 1.54) is 30.3 Å². The van der Waals surface area contributed by atoms with Crippen LogP contribution >= 0.6 is 11.6 Å². The van der Waals surface area contributed by atoms with Crippen LogP contribution in [-0.2, 0) is 12.8 Å². The minimum Gasteiger partial charge on any atom is -0.393 e.